The van der Waals surface area contributed by atoms with E-state index in [4.69, 9.17) is 5.26 Å². The Hall–Kier alpha value is -3.11. The van der Waals surface area contributed by atoms with Gasteiger partial charge in [-0.15, -0.1) is 0 Å². The number of hydrogen-bond donors (Lipinski definition) is 1. The minimum absolute atomic E-state index is 0.148. The number of fused-ring (bicyclic) bond motifs is 2. The third-order valence-electron chi connectivity index (χ3n) is 5.60. The summed E-state index contributed by atoms with van der Waals surface area (Å²) < 4.78 is 13.9. The zero-order chi connectivity index (χ0) is 18.1. The number of nitrogens with zero attached hydrogens (tertiary/aromatic N) is 2. The molecule has 1 aliphatic carbocycles. The first-order valence-corrected chi connectivity index (χ1v) is 8.89. The van der Waals surface area contributed by atoms with Crippen LogP contribution in [0.2, 0.25) is 0 Å². The Morgan fingerprint density at radius 2 is 1.81 bits per heavy atom. The van der Waals surface area contributed by atoms with Crippen LogP contribution in [-0.2, 0) is 5.41 Å². The van der Waals surface area contributed by atoms with Gasteiger partial charge in [0.05, 0.1) is 17.7 Å². The Balaban J connectivity index is 1.86. The van der Waals surface area contributed by atoms with Gasteiger partial charge in [0.2, 0.25) is 0 Å². The first-order valence-electron chi connectivity index (χ1n) is 8.89. The largest absolute Gasteiger partial charge is 0.357 e. The Labute approximate surface area is 152 Å². The molecule has 0 atom stereocenters. The fourth-order valence-corrected chi connectivity index (χ4v) is 4.39. The maximum absolute atomic E-state index is 13.9. The van der Waals surface area contributed by atoms with Gasteiger partial charge in [0.15, 0.2) is 0 Å². The highest BCUT2D eigenvalue weighted by molar-refractivity contribution is 5.76. The summed E-state index contributed by atoms with van der Waals surface area (Å²) >= 11 is 0. The van der Waals surface area contributed by atoms with Gasteiger partial charge in [0, 0.05) is 22.9 Å². The summed E-state index contributed by atoms with van der Waals surface area (Å²) in [5.41, 5.74) is 4.94. The van der Waals surface area contributed by atoms with Gasteiger partial charge in [0.25, 0.3) is 0 Å². The number of halogens is 1. The maximum Gasteiger partial charge on any atom is 0.125 e. The van der Waals surface area contributed by atoms with E-state index >= 15 is 0 Å². The zero-order valence-electron chi connectivity index (χ0n) is 14.3. The molecule has 2 aromatic carbocycles. The van der Waals surface area contributed by atoms with Crippen LogP contribution < -0.4 is 5.32 Å². The van der Waals surface area contributed by atoms with E-state index < -0.39 is 5.82 Å². The van der Waals surface area contributed by atoms with Crippen molar-refractivity contribution in [3.63, 3.8) is 0 Å². The highest BCUT2D eigenvalue weighted by atomic mass is 19.1. The van der Waals surface area contributed by atoms with E-state index in [1.165, 1.54) is 24.1 Å². The number of allylic oxidation sites excluding steroid dienone is 2. The molecule has 0 saturated heterocycles. The van der Waals surface area contributed by atoms with Crippen LogP contribution in [0.4, 0.5) is 10.1 Å². The molecule has 3 nitrogen and oxygen atoms in total. The molecule has 1 heterocycles. The molecular formula is C22H18FN3. The van der Waals surface area contributed by atoms with Gasteiger partial charge >= 0.3 is 0 Å². The Bertz CT molecular complexity index is 985. The second-order valence-electron chi connectivity index (χ2n) is 7.06. The molecule has 2 aliphatic rings. The van der Waals surface area contributed by atoms with Crippen LogP contribution in [0, 0.1) is 28.5 Å². The number of rotatable bonds is 1. The van der Waals surface area contributed by atoms with Crippen molar-refractivity contribution >= 4 is 5.69 Å². The predicted octanol–water partition coefficient (Wildman–Crippen LogP) is 5.40. The number of nitrogens with one attached hydrogen (secondary N) is 1. The van der Waals surface area contributed by atoms with E-state index in [0.29, 0.717) is 11.1 Å². The van der Waals surface area contributed by atoms with Crippen molar-refractivity contribution in [2.45, 2.75) is 37.5 Å². The fraction of sp³-hybridized carbons (Fsp3) is 0.273. The summed E-state index contributed by atoms with van der Waals surface area (Å²) in [5.74, 6) is -0.407. The first kappa shape index (κ1) is 16.4. The third kappa shape index (κ3) is 2.55. The molecule has 26 heavy (non-hydrogen) atoms. The van der Waals surface area contributed by atoms with Crippen LogP contribution >= 0.6 is 0 Å². The molecule has 2 aromatic rings. The van der Waals surface area contributed by atoms with E-state index in [2.05, 4.69) is 17.5 Å². The van der Waals surface area contributed by atoms with Crippen LogP contribution in [0.25, 0.3) is 11.1 Å². The smallest absolute Gasteiger partial charge is 0.125 e. The second-order valence-corrected chi connectivity index (χ2v) is 7.06. The molecule has 0 unspecified atom stereocenters. The summed E-state index contributed by atoms with van der Waals surface area (Å²) in [6.45, 7) is 0. The summed E-state index contributed by atoms with van der Waals surface area (Å²) in [6, 6.07) is 14.6. The number of anilines is 1. The van der Waals surface area contributed by atoms with Crippen LogP contribution in [-0.4, -0.2) is 0 Å². The van der Waals surface area contributed by atoms with Gasteiger partial charge in [-0.3, -0.25) is 0 Å². The van der Waals surface area contributed by atoms with Crippen LogP contribution in [0.3, 0.4) is 0 Å². The van der Waals surface area contributed by atoms with E-state index in [1.807, 2.05) is 18.2 Å². The van der Waals surface area contributed by atoms with Gasteiger partial charge in [0.1, 0.15) is 5.82 Å². The van der Waals surface area contributed by atoms with Crippen molar-refractivity contribution in [1.82, 2.24) is 0 Å². The quantitative estimate of drug-likeness (QED) is 0.705. The lowest BCUT2D eigenvalue weighted by atomic mass is 9.68. The molecule has 1 spiro atoms. The lowest BCUT2D eigenvalue weighted by Gasteiger charge is -2.35. The molecular weight excluding hydrogens is 325 g/mol. The van der Waals surface area contributed by atoms with Crippen molar-refractivity contribution in [3.05, 3.63) is 65.1 Å². The molecule has 4 heteroatoms. The SMILES string of the molecule is N#C/C=C1/Nc2ccc(-c3cc(F)cc(C#N)c3)cc2C12CCCCC2. The second kappa shape index (κ2) is 6.32. The minimum atomic E-state index is -0.407. The summed E-state index contributed by atoms with van der Waals surface area (Å²) in [6.07, 6.45) is 7.12. The molecule has 128 valence electrons. The standard InChI is InChI=1S/C22H18FN3/c23-18-11-15(14-25)10-17(12-18)16-4-5-20-19(13-16)22(7-2-1-3-8-22)21(26-20)6-9-24/h4-6,10-13,26H,1-3,7-8H2/b21-6+. The van der Waals surface area contributed by atoms with Gasteiger partial charge in [-0.2, -0.15) is 10.5 Å². The lowest BCUT2D eigenvalue weighted by Crippen LogP contribution is -2.29. The summed E-state index contributed by atoms with van der Waals surface area (Å²) in [7, 11) is 0. The molecule has 0 amide bonds. The van der Waals surface area contributed by atoms with Crippen molar-refractivity contribution < 1.29 is 4.39 Å². The Kier molecular flexibility index (Phi) is 3.98. The molecule has 1 N–H and O–H groups in total. The molecule has 4 rings (SSSR count). The highest BCUT2D eigenvalue weighted by Gasteiger charge is 2.43. The predicted molar refractivity (Wildman–Crippen MR) is 98.6 cm³/mol. The molecule has 1 aliphatic heterocycles. The average molecular weight is 343 g/mol. The van der Waals surface area contributed by atoms with E-state index in [9.17, 15) is 9.65 Å². The Morgan fingerprint density at radius 3 is 2.54 bits per heavy atom. The third-order valence-corrected chi connectivity index (χ3v) is 5.60. The van der Waals surface area contributed by atoms with Crippen LogP contribution in [0.1, 0.15) is 43.2 Å². The fourth-order valence-electron chi connectivity index (χ4n) is 4.39. The van der Waals surface area contributed by atoms with Crippen LogP contribution in [0.15, 0.2) is 48.2 Å². The number of hydrogen-bond acceptors (Lipinski definition) is 3. The molecule has 0 bridgehead atoms. The van der Waals surface area contributed by atoms with Gasteiger partial charge < -0.3 is 5.32 Å². The first-order chi connectivity index (χ1) is 12.7. The molecule has 1 saturated carbocycles. The lowest BCUT2D eigenvalue weighted by molar-refractivity contribution is 0.350. The van der Waals surface area contributed by atoms with E-state index in [1.54, 1.807) is 12.1 Å². The normalized spacial score (nSPS) is 18.8. The van der Waals surface area contributed by atoms with Gasteiger partial charge in [-0.1, -0.05) is 25.3 Å². The summed E-state index contributed by atoms with van der Waals surface area (Å²) in [5, 5.41) is 21.7. The van der Waals surface area contributed by atoms with Crippen molar-refractivity contribution in [2.24, 2.45) is 0 Å². The monoisotopic (exact) mass is 343 g/mol. The molecule has 0 aromatic heterocycles. The Morgan fingerprint density at radius 1 is 1.00 bits per heavy atom. The number of nitriles is 2. The zero-order valence-corrected chi connectivity index (χ0v) is 14.3. The maximum atomic E-state index is 13.9. The van der Waals surface area contributed by atoms with Crippen molar-refractivity contribution in [2.75, 3.05) is 5.32 Å². The summed E-state index contributed by atoms with van der Waals surface area (Å²) in [4.78, 5) is 0. The molecule has 1 fully saturated rings. The number of benzene rings is 2. The van der Waals surface area contributed by atoms with Crippen molar-refractivity contribution in [1.29, 1.82) is 10.5 Å². The van der Waals surface area contributed by atoms with Crippen LogP contribution in [0.5, 0.6) is 0 Å². The van der Waals surface area contributed by atoms with E-state index in [0.717, 1.165) is 42.6 Å². The minimum Gasteiger partial charge on any atom is -0.357 e. The van der Waals surface area contributed by atoms with Gasteiger partial charge in [-0.25, -0.2) is 4.39 Å². The average Bonchev–Trinajstić information content (AvgIpc) is 2.94. The van der Waals surface area contributed by atoms with Gasteiger partial charge in [-0.05, 0) is 59.9 Å². The van der Waals surface area contributed by atoms with E-state index in [-0.39, 0.29) is 5.41 Å². The topological polar surface area (TPSA) is 59.6 Å². The molecule has 0 radical (unpaired) electrons. The van der Waals surface area contributed by atoms with Crippen molar-refractivity contribution in [3.8, 4) is 23.3 Å². The highest BCUT2D eigenvalue weighted by Crippen LogP contribution is 2.52.